The number of hydrogen-bond donors (Lipinski definition) is 1. The van der Waals surface area contributed by atoms with Gasteiger partial charge < -0.3 is 10.2 Å². The highest BCUT2D eigenvalue weighted by Gasteiger charge is 2.09. The molecule has 0 fully saturated rings. The maximum Gasteiger partial charge on any atom is 0.230 e. The van der Waals surface area contributed by atoms with Gasteiger partial charge in [0, 0.05) is 26.2 Å². The first-order valence-corrected chi connectivity index (χ1v) is 9.08. The van der Waals surface area contributed by atoms with Gasteiger partial charge in [0.1, 0.15) is 11.0 Å². The molecule has 0 unspecified atom stereocenters. The molecule has 5 nitrogen and oxygen atoms in total. The van der Waals surface area contributed by atoms with Crippen LogP contribution >= 0.6 is 23.4 Å². The number of nitrogens with one attached hydrogen (secondary N) is 1. The fraction of sp³-hybridized carbons (Fsp3) is 0.667. The van der Waals surface area contributed by atoms with Crippen LogP contribution in [0.2, 0.25) is 5.15 Å². The Bertz CT molecular complexity index is 473. The Hall–Kier alpha value is -1.01. The first-order chi connectivity index (χ1) is 10.6. The highest BCUT2D eigenvalue weighted by atomic mass is 35.5. The van der Waals surface area contributed by atoms with Gasteiger partial charge >= 0.3 is 0 Å². The summed E-state index contributed by atoms with van der Waals surface area (Å²) in [5.74, 6) is 1.10. The first kappa shape index (κ1) is 19.0. The lowest BCUT2D eigenvalue weighted by atomic mass is 10.2. The monoisotopic (exact) mass is 344 g/mol. The fourth-order valence-corrected chi connectivity index (χ4v) is 2.79. The van der Waals surface area contributed by atoms with Crippen molar-refractivity contribution in [2.45, 2.75) is 44.7 Å². The number of aromatic nitrogens is 2. The standard InChI is InChI=1S/C15H25ClN4OS/c1-4-6-7-8-17-14(21)11-22-15-18-12(16)10-13(19-15)20(3)9-5-2/h10H,4-9,11H2,1-3H3,(H,17,21). The summed E-state index contributed by atoms with van der Waals surface area (Å²) in [5, 5.41) is 3.84. The summed E-state index contributed by atoms with van der Waals surface area (Å²) >= 11 is 7.35. The zero-order valence-electron chi connectivity index (χ0n) is 13.6. The van der Waals surface area contributed by atoms with Gasteiger partial charge in [0.15, 0.2) is 5.16 Å². The van der Waals surface area contributed by atoms with Gasteiger partial charge in [-0.25, -0.2) is 9.97 Å². The van der Waals surface area contributed by atoms with Crippen LogP contribution in [0.1, 0.15) is 39.5 Å². The molecule has 0 saturated carbocycles. The molecule has 1 heterocycles. The number of amides is 1. The van der Waals surface area contributed by atoms with E-state index in [2.05, 4.69) is 29.1 Å². The number of hydrogen-bond acceptors (Lipinski definition) is 5. The average molecular weight is 345 g/mol. The third kappa shape index (κ3) is 7.31. The molecule has 1 aromatic rings. The molecule has 1 amide bonds. The Morgan fingerprint density at radius 1 is 1.32 bits per heavy atom. The van der Waals surface area contributed by atoms with Crippen LogP contribution in [0.3, 0.4) is 0 Å². The van der Waals surface area contributed by atoms with Crippen LogP contribution in [-0.2, 0) is 4.79 Å². The third-order valence-corrected chi connectivity index (χ3v) is 4.09. The quantitative estimate of drug-likeness (QED) is 0.305. The van der Waals surface area contributed by atoms with E-state index in [1.54, 1.807) is 6.07 Å². The van der Waals surface area contributed by atoms with Crippen LogP contribution in [0.25, 0.3) is 0 Å². The van der Waals surface area contributed by atoms with Crippen LogP contribution in [0.15, 0.2) is 11.2 Å². The molecule has 0 aliphatic rings. The topological polar surface area (TPSA) is 58.1 Å². The Kier molecular flexibility index (Phi) is 9.24. The minimum atomic E-state index is 0.00754. The van der Waals surface area contributed by atoms with Crippen molar-refractivity contribution in [2.75, 3.05) is 30.8 Å². The molecule has 0 bridgehead atoms. The number of thioether (sulfide) groups is 1. The number of nitrogens with zero attached hydrogens (tertiary/aromatic N) is 3. The van der Waals surface area contributed by atoms with Gasteiger partial charge in [-0.3, -0.25) is 4.79 Å². The second-order valence-electron chi connectivity index (χ2n) is 5.10. The summed E-state index contributed by atoms with van der Waals surface area (Å²) in [4.78, 5) is 22.4. The second-order valence-corrected chi connectivity index (χ2v) is 6.43. The Balaban J connectivity index is 2.49. The van der Waals surface area contributed by atoms with Crippen molar-refractivity contribution in [1.29, 1.82) is 0 Å². The molecule has 0 saturated heterocycles. The van der Waals surface area contributed by atoms with E-state index in [1.165, 1.54) is 11.8 Å². The highest BCUT2D eigenvalue weighted by molar-refractivity contribution is 7.99. The van der Waals surface area contributed by atoms with E-state index >= 15 is 0 Å². The summed E-state index contributed by atoms with van der Waals surface area (Å²) in [6.45, 7) is 5.88. The van der Waals surface area contributed by atoms with E-state index in [9.17, 15) is 4.79 Å². The zero-order chi connectivity index (χ0) is 16.4. The highest BCUT2D eigenvalue weighted by Crippen LogP contribution is 2.21. The van der Waals surface area contributed by atoms with Crippen LogP contribution < -0.4 is 10.2 Å². The van der Waals surface area contributed by atoms with Crippen molar-refractivity contribution in [1.82, 2.24) is 15.3 Å². The molecule has 1 N–H and O–H groups in total. The number of anilines is 1. The molecular formula is C15H25ClN4OS. The van der Waals surface area contributed by atoms with Crippen LogP contribution in [0, 0.1) is 0 Å². The molecule has 0 aromatic carbocycles. The second kappa shape index (κ2) is 10.7. The first-order valence-electron chi connectivity index (χ1n) is 7.72. The zero-order valence-corrected chi connectivity index (χ0v) is 15.1. The molecule has 1 rings (SSSR count). The van der Waals surface area contributed by atoms with Gasteiger partial charge in [0.2, 0.25) is 5.91 Å². The van der Waals surface area contributed by atoms with Gasteiger partial charge in [-0.1, -0.05) is 50.1 Å². The van der Waals surface area contributed by atoms with Crippen molar-refractivity contribution in [2.24, 2.45) is 0 Å². The van der Waals surface area contributed by atoms with Crippen LogP contribution in [0.4, 0.5) is 5.82 Å². The number of unbranched alkanes of at least 4 members (excludes halogenated alkanes) is 2. The van der Waals surface area contributed by atoms with E-state index in [-0.39, 0.29) is 5.91 Å². The molecule has 7 heteroatoms. The molecule has 0 aliphatic heterocycles. The number of carbonyl (C=O) groups is 1. The van der Waals surface area contributed by atoms with Crippen molar-refractivity contribution in [3.8, 4) is 0 Å². The Morgan fingerprint density at radius 3 is 2.77 bits per heavy atom. The lowest BCUT2D eigenvalue weighted by Crippen LogP contribution is -2.26. The SMILES string of the molecule is CCCCCNC(=O)CSc1nc(Cl)cc(N(C)CCC)n1. The minimum absolute atomic E-state index is 0.00754. The van der Waals surface area contributed by atoms with Crippen molar-refractivity contribution in [3.05, 3.63) is 11.2 Å². The lowest BCUT2D eigenvalue weighted by Gasteiger charge is -2.17. The minimum Gasteiger partial charge on any atom is -0.360 e. The molecule has 0 radical (unpaired) electrons. The molecule has 0 spiro atoms. The predicted molar refractivity (Wildman–Crippen MR) is 93.9 cm³/mol. The molecule has 0 aliphatic carbocycles. The maximum absolute atomic E-state index is 11.8. The van der Waals surface area contributed by atoms with E-state index in [0.717, 1.165) is 44.6 Å². The van der Waals surface area contributed by atoms with Crippen molar-refractivity contribution >= 4 is 35.1 Å². The molecule has 0 atom stereocenters. The molecule has 22 heavy (non-hydrogen) atoms. The summed E-state index contributed by atoms with van der Waals surface area (Å²) in [5.41, 5.74) is 0. The van der Waals surface area contributed by atoms with Gasteiger partial charge in [-0.15, -0.1) is 0 Å². The van der Waals surface area contributed by atoms with Gasteiger partial charge in [-0.05, 0) is 12.8 Å². The third-order valence-electron chi connectivity index (χ3n) is 3.05. The van der Waals surface area contributed by atoms with Crippen molar-refractivity contribution in [3.63, 3.8) is 0 Å². The van der Waals surface area contributed by atoms with Crippen LogP contribution in [0.5, 0.6) is 0 Å². The number of halogens is 1. The van der Waals surface area contributed by atoms with Gasteiger partial charge in [0.25, 0.3) is 0 Å². The van der Waals surface area contributed by atoms with E-state index in [4.69, 9.17) is 11.6 Å². The fourth-order valence-electron chi connectivity index (χ4n) is 1.88. The summed E-state index contributed by atoms with van der Waals surface area (Å²) < 4.78 is 0. The van der Waals surface area contributed by atoms with Crippen molar-refractivity contribution < 1.29 is 4.79 Å². The Morgan fingerprint density at radius 2 is 2.09 bits per heavy atom. The summed E-state index contributed by atoms with van der Waals surface area (Å²) in [6.07, 6.45) is 4.33. The van der Waals surface area contributed by atoms with Gasteiger partial charge in [-0.2, -0.15) is 0 Å². The van der Waals surface area contributed by atoms with Crippen LogP contribution in [-0.4, -0.2) is 41.8 Å². The maximum atomic E-state index is 11.8. The molecule has 124 valence electrons. The molecular weight excluding hydrogens is 320 g/mol. The van der Waals surface area contributed by atoms with E-state index < -0.39 is 0 Å². The smallest absolute Gasteiger partial charge is 0.230 e. The number of carbonyl (C=O) groups excluding carboxylic acids is 1. The van der Waals surface area contributed by atoms with Gasteiger partial charge in [0.05, 0.1) is 5.75 Å². The summed E-state index contributed by atoms with van der Waals surface area (Å²) in [6, 6.07) is 1.74. The van der Waals surface area contributed by atoms with E-state index in [0.29, 0.717) is 16.1 Å². The molecule has 1 aromatic heterocycles. The normalized spacial score (nSPS) is 10.5. The summed E-state index contributed by atoms with van der Waals surface area (Å²) in [7, 11) is 1.97. The van der Waals surface area contributed by atoms with E-state index in [1.807, 2.05) is 11.9 Å². The Labute approximate surface area is 142 Å². The number of rotatable bonds is 10. The predicted octanol–water partition coefficient (Wildman–Crippen LogP) is 3.37. The average Bonchev–Trinajstić information content (AvgIpc) is 2.49. The lowest BCUT2D eigenvalue weighted by molar-refractivity contribution is -0.118. The largest absolute Gasteiger partial charge is 0.360 e.